The van der Waals surface area contributed by atoms with E-state index in [1.54, 1.807) is 6.07 Å². The molecule has 2 aliphatic rings. The molecule has 6 heteroatoms. The second kappa shape index (κ2) is 6.57. The Balaban J connectivity index is 1.72. The maximum atomic E-state index is 11.3. The number of nitrogens with zero attached hydrogens (tertiary/aromatic N) is 2. The molecule has 0 saturated carbocycles. The Bertz CT molecular complexity index is 1160. The van der Waals surface area contributed by atoms with E-state index in [0.29, 0.717) is 23.1 Å². The molecule has 2 aliphatic heterocycles. The quantitative estimate of drug-likeness (QED) is 0.320. The van der Waals surface area contributed by atoms with E-state index in [1.165, 1.54) is 11.6 Å². The van der Waals surface area contributed by atoms with Crippen LogP contribution in [0.1, 0.15) is 31.4 Å². The van der Waals surface area contributed by atoms with Crippen LogP contribution in [0.5, 0.6) is 5.75 Å². The molecular weight excluding hydrogens is 444 g/mol. The summed E-state index contributed by atoms with van der Waals surface area (Å²) in [5, 5.41) is 11.3. The molecule has 5 rings (SSSR count). The number of halogens is 1. The van der Waals surface area contributed by atoms with Crippen molar-refractivity contribution >= 4 is 33.0 Å². The van der Waals surface area contributed by atoms with Crippen molar-refractivity contribution in [3.63, 3.8) is 0 Å². The number of hydrogen-bond donors (Lipinski definition) is 0. The third-order valence-electron chi connectivity index (χ3n) is 6.49. The zero-order valence-corrected chi connectivity index (χ0v) is 18.3. The summed E-state index contributed by atoms with van der Waals surface area (Å²) in [5.74, 6) is 0.689. The van der Waals surface area contributed by atoms with Crippen molar-refractivity contribution in [3.05, 3.63) is 92.4 Å². The van der Waals surface area contributed by atoms with Crippen LogP contribution in [-0.4, -0.2) is 10.6 Å². The number of ether oxygens (including phenoxy) is 1. The Hall–Kier alpha value is -2.86. The molecule has 0 aromatic heterocycles. The monoisotopic (exact) mass is 464 g/mol. The van der Waals surface area contributed by atoms with E-state index in [9.17, 15) is 10.1 Å². The van der Waals surface area contributed by atoms with Crippen LogP contribution >= 0.6 is 15.9 Å². The largest absolute Gasteiger partial charge is 0.465 e. The minimum Gasteiger partial charge on any atom is -0.465 e. The fourth-order valence-corrected chi connectivity index (χ4v) is 5.54. The van der Waals surface area contributed by atoms with Crippen molar-refractivity contribution in [2.24, 2.45) is 0 Å². The highest BCUT2D eigenvalue weighted by Crippen LogP contribution is 2.59. The number of nitro groups is 1. The second-order valence-electron chi connectivity index (χ2n) is 8.37. The first-order chi connectivity index (χ1) is 14.3. The number of nitro benzene ring substituents is 1. The van der Waals surface area contributed by atoms with Gasteiger partial charge < -0.3 is 9.64 Å². The first-order valence-corrected chi connectivity index (χ1v) is 10.7. The van der Waals surface area contributed by atoms with E-state index in [0.717, 1.165) is 16.9 Å². The van der Waals surface area contributed by atoms with Crippen molar-refractivity contribution in [1.29, 1.82) is 0 Å². The second-order valence-corrected chi connectivity index (χ2v) is 9.23. The fourth-order valence-electron chi connectivity index (χ4n) is 4.97. The van der Waals surface area contributed by atoms with Crippen LogP contribution in [0.25, 0.3) is 0 Å². The third kappa shape index (κ3) is 2.53. The lowest BCUT2D eigenvalue weighted by molar-refractivity contribution is -0.385. The van der Waals surface area contributed by atoms with Crippen LogP contribution in [0.4, 0.5) is 17.1 Å². The Morgan fingerprint density at radius 1 is 1.07 bits per heavy atom. The molecule has 0 aliphatic carbocycles. The fraction of sp³-hybridized carbons (Fsp3) is 0.250. The molecule has 0 saturated heterocycles. The number of para-hydroxylation sites is 2. The minimum absolute atomic E-state index is 0.0778. The summed E-state index contributed by atoms with van der Waals surface area (Å²) < 4.78 is 7.48. The highest BCUT2D eigenvalue weighted by molar-refractivity contribution is 9.10. The van der Waals surface area contributed by atoms with E-state index in [2.05, 4.69) is 71.1 Å². The Morgan fingerprint density at radius 2 is 1.77 bits per heavy atom. The summed E-state index contributed by atoms with van der Waals surface area (Å²) in [6.45, 7) is 4.44. The average molecular weight is 465 g/mol. The zero-order valence-electron chi connectivity index (χ0n) is 16.8. The molecule has 0 fully saturated rings. The summed E-state index contributed by atoms with van der Waals surface area (Å²) in [7, 11) is 0. The molecule has 0 amide bonds. The molecule has 1 unspecified atom stereocenters. The van der Waals surface area contributed by atoms with E-state index in [-0.39, 0.29) is 16.0 Å². The molecule has 0 radical (unpaired) electrons. The van der Waals surface area contributed by atoms with E-state index >= 15 is 0 Å². The lowest BCUT2D eigenvalue weighted by atomic mass is 9.74. The predicted octanol–water partition coefficient (Wildman–Crippen LogP) is 6.51. The van der Waals surface area contributed by atoms with Crippen molar-refractivity contribution in [2.75, 3.05) is 4.90 Å². The van der Waals surface area contributed by atoms with Gasteiger partial charge in [0.1, 0.15) is 5.75 Å². The Labute approximate surface area is 183 Å². The van der Waals surface area contributed by atoms with Gasteiger partial charge in [-0.15, -0.1) is 0 Å². The van der Waals surface area contributed by atoms with Gasteiger partial charge in [-0.25, -0.2) is 0 Å². The summed E-state index contributed by atoms with van der Waals surface area (Å²) >= 11 is 3.53. The number of non-ortho nitro benzene ring substituents is 1. The lowest BCUT2D eigenvalue weighted by Crippen LogP contribution is -2.60. The van der Waals surface area contributed by atoms with Gasteiger partial charge in [0, 0.05) is 35.5 Å². The van der Waals surface area contributed by atoms with Crippen LogP contribution < -0.4 is 9.64 Å². The topological polar surface area (TPSA) is 55.6 Å². The van der Waals surface area contributed by atoms with Gasteiger partial charge >= 0.3 is 0 Å². The van der Waals surface area contributed by atoms with E-state index < -0.39 is 5.72 Å². The van der Waals surface area contributed by atoms with Crippen LogP contribution in [0.15, 0.2) is 71.2 Å². The lowest BCUT2D eigenvalue weighted by Gasteiger charge is -2.50. The standard InChI is InChI=1S/C24H21BrN2O3/c1-23(2)19-10-6-7-11-21(19)26(17-8-4-3-5-9-17)24(23)13-12-16-14-18(27(28)29)15-20(25)22(16)30-24/h3-11,14-15H,12-13H2,1-2H3. The number of fused-ring (bicyclic) bond motifs is 2. The van der Waals surface area contributed by atoms with E-state index in [4.69, 9.17) is 4.74 Å². The van der Waals surface area contributed by atoms with Crippen LogP contribution in [0.2, 0.25) is 0 Å². The molecule has 2 heterocycles. The SMILES string of the molecule is CC1(C)c2ccccc2N(c2ccccc2)C12CCc1cc([N+](=O)[O-])cc(Br)c1O2. The minimum atomic E-state index is -0.649. The molecule has 0 bridgehead atoms. The molecule has 1 atom stereocenters. The molecule has 1 spiro atoms. The van der Waals surface area contributed by atoms with Gasteiger partial charge in [0.05, 0.1) is 14.8 Å². The zero-order chi connectivity index (χ0) is 21.1. The van der Waals surface area contributed by atoms with Gasteiger partial charge in [0.2, 0.25) is 0 Å². The average Bonchev–Trinajstić information content (AvgIpc) is 2.93. The molecule has 3 aromatic rings. The molecular formula is C24H21BrN2O3. The van der Waals surface area contributed by atoms with Crippen molar-refractivity contribution in [3.8, 4) is 5.75 Å². The number of rotatable bonds is 2. The van der Waals surface area contributed by atoms with Crippen LogP contribution in [-0.2, 0) is 11.8 Å². The van der Waals surface area contributed by atoms with Gasteiger partial charge in [-0.2, -0.15) is 0 Å². The first kappa shape index (κ1) is 19.1. The number of anilines is 2. The first-order valence-electron chi connectivity index (χ1n) is 9.96. The summed E-state index contributed by atoms with van der Waals surface area (Å²) in [6, 6.07) is 21.9. The van der Waals surface area contributed by atoms with Crippen LogP contribution in [0.3, 0.4) is 0 Å². The number of hydrogen-bond acceptors (Lipinski definition) is 4. The highest BCUT2D eigenvalue weighted by Gasteiger charge is 2.60. The molecule has 5 nitrogen and oxygen atoms in total. The summed E-state index contributed by atoms with van der Waals surface area (Å²) in [6.07, 6.45) is 1.40. The maximum Gasteiger partial charge on any atom is 0.271 e. The van der Waals surface area contributed by atoms with Gasteiger partial charge in [-0.1, -0.05) is 36.4 Å². The summed E-state index contributed by atoms with van der Waals surface area (Å²) in [4.78, 5) is 13.3. The van der Waals surface area contributed by atoms with Crippen molar-refractivity contribution in [2.45, 2.75) is 37.8 Å². The molecule has 3 aromatic carbocycles. The molecule has 152 valence electrons. The van der Waals surface area contributed by atoms with Gasteiger partial charge in [-0.3, -0.25) is 10.1 Å². The van der Waals surface area contributed by atoms with Crippen molar-refractivity contribution < 1.29 is 9.66 Å². The normalized spacial score (nSPS) is 21.1. The number of benzene rings is 3. The molecule has 30 heavy (non-hydrogen) atoms. The predicted molar refractivity (Wildman–Crippen MR) is 121 cm³/mol. The highest BCUT2D eigenvalue weighted by atomic mass is 79.9. The maximum absolute atomic E-state index is 11.3. The van der Waals surface area contributed by atoms with Gasteiger partial charge in [0.25, 0.3) is 5.69 Å². The Morgan fingerprint density at radius 3 is 2.50 bits per heavy atom. The Kier molecular flexibility index (Phi) is 4.19. The smallest absolute Gasteiger partial charge is 0.271 e. The number of aryl methyl sites for hydroxylation is 1. The van der Waals surface area contributed by atoms with Gasteiger partial charge in [-0.05, 0) is 60.0 Å². The van der Waals surface area contributed by atoms with Crippen LogP contribution in [0, 0.1) is 10.1 Å². The van der Waals surface area contributed by atoms with Crippen molar-refractivity contribution in [1.82, 2.24) is 0 Å². The summed E-state index contributed by atoms with van der Waals surface area (Å²) in [5.41, 5.74) is 3.42. The third-order valence-corrected chi connectivity index (χ3v) is 7.08. The van der Waals surface area contributed by atoms with Gasteiger partial charge in [0.15, 0.2) is 5.72 Å². The van der Waals surface area contributed by atoms with E-state index in [1.807, 2.05) is 18.2 Å². The molecule has 0 N–H and O–H groups in total.